The average Bonchev–Trinajstić information content (AvgIpc) is 2.95. The van der Waals surface area contributed by atoms with Gasteiger partial charge in [-0.15, -0.1) is 0 Å². The Bertz CT molecular complexity index is 999. The molecule has 27 heavy (non-hydrogen) atoms. The number of methoxy groups -OCH3 is 1. The van der Waals surface area contributed by atoms with E-state index in [4.69, 9.17) is 4.74 Å². The van der Waals surface area contributed by atoms with Gasteiger partial charge in [-0.3, -0.25) is 4.79 Å². The maximum absolute atomic E-state index is 12.7. The summed E-state index contributed by atoms with van der Waals surface area (Å²) in [5.74, 6) is -0.400. The summed E-state index contributed by atoms with van der Waals surface area (Å²) < 4.78 is 33.0. The summed E-state index contributed by atoms with van der Waals surface area (Å²) in [6.45, 7) is 3.95. The molecule has 0 unspecified atom stereocenters. The smallest absolute Gasteiger partial charge is 0.251 e. The highest BCUT2D eigenvalue weighted by molar-refractivity contribution is 7.88. The largest absolute Gasteiger partial charge is 0.383 e. The number of nitrogens with zero attached hydrogens (tertiary/aromatic N) is 3. The van der Waals surface area contributed by atoms with Crippen molar-refractivity contribution in [3.8, 4) is 0 Å². The average molecular weight is 412 g/mol. The molecule has 148 valence electrons. The Hall–Kier alpha value is -1.55. The summed E-state index contributed by atoms with van der Waals surface area (Å²) in [7, 11) is -1.55. The van der Waals surface area contributed by atoms with E-state index in [1.165, 1.54) is 21.9 Å². The van der Waals surface area contributed by atoms with Crippen molar-refractivity contribution >= 4 is 37.5 Å². The predicted molar refractivity (Wildman–Crippen MR) is 106 cm³/mol. The molecule has 2 aromatic rings. The number of rotatable bonds is 5. The van der Waals surface area contributed by atoms with E-state index in [-0.39, 0.29) is 11.8 Å². The van der Waals surface area contributed by atoms with Crippen molar-refractivity contribution in [2.75, 3.05) is 33.1 Å². The lowest BCUT2D eigenvalue weighted by Crippen LogP contribution is -2.39. The molecule has 0 saturated carbocycles. The first kappa shape index (κ1) is 20.2. The molecule has 7 nitrogen and oxygen atoms in total. The Morgan fingerprint density at radius 3 is 2.67 bits per heavy atom. The standard InChI is InChI=1S/C18H25N3O4S2/c1-13-4-5-15-16(12-13)26-18(21(15)10-11-25-2)19-17(22)14-6-8-20(9-7-14)27(3,23)24/h4-5,12,14H,6-11H2,1-3H3. The van der Waals surface area contributed by atoms with Gasteiger partial charge in [0.05, 0.1) is 23.1 Å². The van der Waals surface area contributed by atoms with E-state index in [0.717, 1.165) is 15.8 Å². The van der Waals surface area contributed by atoms with Crippen LogP contribution in [0.15, 0.2) is 23.2 Å². The van der Waals surface area contributed by atoms with Gasteiger partial charge < -0.3 is 9.30 Å². The molecule has 1 aliphatic rings. The van der Waals surface area contributed by atoms with E-state index in [1.54, 1.807) is 7.11 Å². The summed E-state index contributed by atoms with van der Waals surface area (Å²) >= 11 is 1.50. The first-order chi connectivity index (χ1) is 12.8. The summed E-state index contributed by atoms with van der Waals surface area (Å²) in [4.78, 5) is 17.8. The Morgan fingerprint density at radius 2 is 2.04 bits per heavy atom. The van der Waals surface area contributed by atoms with E-state index >= 15 is 0 Å². The maximum Gasteiger partial charge on any atom is 0.251 e. The number of carbonyl (C=O) groups excluding carboxylic acids is 1. The van der Waals surface area contributed by atoms with Gasteiger partial charge in [0.15, 0.2) is 4.80 Å². The highest BCUT2D eigenvalue weighted by atomic mass is 32.2. The Balaban J connectivity index is 1.87. The van der Waals surface area contributed by atoms with Crippen LogP contribution in [0.5, 0.6) is 0 Å². The van der Waals surface area contributed by atoms with Crippen molar-refractivity contribution < 1.29 is 17.9 Å². The maximum atomic E-state index is 12.7. The minimum absolute atomic E-state index is 0.169. The van der Waals surface area contributed by atoms with Crippen LogP contribution in [0.25, 0.3) is 10.2 Å². The van der Waals surface area contributed by atoms with E-state index in [1.807, 2.05) is 23.6 Å². The van der Waals surface area contributed by atoms with E-state index < -0.39 is 10.0 Å². The molecule has 0 spiro atoms. The lowest BCUT2D eigenvalue weighted by atomic mass is 9.98. The number of benzene rings is 1. The SMILES string of the molecule is COCCn1c(=NC(=O)C2CCN(S(C)(=O)=O)CC2)sc2cc(C)ccc21. The number of carbonyl (C=O) groups is 1. The van der Waals surface area contributed by atoms with Crippen LogP contribution in [0, 0.1) is 12.8 Å². The van der Waals surface area contributed by atoms with Crippen LogP contribution in [-0.2, 0) is 26.1 Å². The molecule has 1 amide bonds. The lowest BCUT2D eigenvalue weighted by molar-refractivity contribution is -0.122. The molecule has 2 heterocycles. The third-order valence-electron chi connectivity index (χ3n) is 4.84. The van der Waals surface area contributed by atoms with Crippen molar-refractivity contribution in [1.82, 2.24) is 8.87 Å². The van der Waals surface area contributed by atoms with E-state index in [2.05, 4.69) is 11.1 Å². The molecule has 0 aliphatic carbocycles. The van der Waals surface area contributed by atoms with Crippen LogP contribution in [0.2, 0.25) is 0 Å². The molecule has 0 radical (unpaired) electrons. The summed E-state index contributed by atoms with van der Waals surface area (Å²) in [5.41, 5.74) is 2.20. The minimum Gasteiger partial charge on any atom is -0.383 e. The molecule has 0 bridgehead atoms. The fraction of sp³-hybridized carbons (Fsp3) is 0.556. The van der Waals surface area contributed by atoms with Gasteiger partial charge in [0.25, 0.3) is 5.91 Å². The fourth-order valence-corrected chi connectivity index (χ4v) is 5.32. The Labute approximate surface area is 163 Å². The van der Waals surface area contributed by atoms with Crippen LogP contribution in [0.1, 0.15) is 18.4 Å². The molecule has 1 saturated heterocycles. The summed E-state index contributed by atoms with van der Waals surface area (Å²) in [5, 5.41) is 0. The topological polar surface area (TPSA) is 81.0 Å². The van der Waals surface area contributed by atoms with Gasteiger partial charge in [0, 0.05) is 32.7 Å². The zero-order valence-electron chi connectivity index (χ0n) is 15.8. The molecule has 0 N–H and O–H groups in total. The second-order valence-electron chi connectivity index (χ2n) is 6.89. The minimum atomic E-state index is -3.20. The highest BCUT2D eigenvalue weighted by Gasteiger charge is 2.28. The fourth-order valence-electron chi connectivity index (χ4n) is 3.28. The summed E-state index contributed by atoms with van der Waals surface area (Å²) in [6.07, 6.45) is 2.23. The zero-order chi connectivity index (χ0) is 19.6. The number of amides is 1. The molecule has 3 rings (SSSR count). The number of thiazole rings is 1. The van der Waals surface area contributed by atoms with E-state index in [9.17, 15) is 13.2 Å². The van der Waals surface area contributed by atoms with Crippen LogP contribution < -0.4 is 4.80 Å². The normalized spacial score (nSPS) is 17.7. The van der Waals surface area contributed by atoms with Gasteiger partial charge >= 0.3 is 0 Å². The molecular weight excluding hydrogens is 386 g/mol. The van der Waals surface area contributed by atoms with Gasteiger partial charge in [-0.25, -0.2) is 12.7 Å². The van der Waals surface area contributed by atoms with Gasteiger partial charge in [-0.05, 0) is 37.5 Å². The number of sulfonamides is 1. The third-order valence-corrected chi connectivity index (χ3v) is 7.18. The molecule has 1 aromatic carbocycles. The first-order valence-corrected chi connectivity index (χ1v) is 11.6. The summed E-state index contributed by atoms with van der Waals surface area (Å²) in [6, 6.07) is 6.19. The number of aromatic nitrogens is 1. The van der Waals surface area contributed by atoms with Crippen molar-refractivity contribution in [1.29, 1.82) is 0 Å². The number of hydrogen-bond acceptors (Lipinski definition) is 5. The quantitative estimate of drug-likeness (QED) is 0.751. The number of fused-ring (bicyclic) bond motifs is 1. The van der Waals surface area contributed by atoms with Gasteiger partial charge in [0.1, 0.15) is 0 Å². The number of aryl methyl sites for hydroxylation is 1. The van der Waals surface area contributed by atoms with Crippen LogP contribution in [-0.4, -0.2) is 56.3 Å². The van der Waals surface area contributed by atoms with Gasteiger partial charge in [-0.2, -0.15) is 4.99 Å². The number of piperidine rings is 1. The van der Waals surface area contributed by atoms with Crippen molar-refractivity contribution in [2.45, 2.75) is 26.3 Å². The Morgan fingerprint density at radius 1 is 1.33 bits per heavy atom. The monoisotopic (exact) mass is 411 g/mol. The molecule has 1 aliphatic heterocycles. The Kier molecular flexibility index (Phi) is 6.15. The molecule has 1 aromatic heterocycles. The molecule has 0 atom stereocenters. The highest BCUT2D eigenvalue weighted by Crippen LogP contribution is 2.22. The van der Waals surface area contributed by atoms with Crippen molar-refractivity contribution in [3.63, 3.8) is 0 Å². The van der Waals surface area contributed by atoms with Crippen molar-refractivity contribution in [3.05, 3.63) is 28.6 Å². The number of hydrogen-bond donors (Lipinski definition) is 0. The second kappa shape index (κ2) is 8.22. The second-order valence-corrected chi connectivity index (χ2v) is 9.88. The molecular formula is C18H25N3O4S2. The first-order valence-electron chi connectivity index (χ1n) is 8.92. The van der Waals surface area contributed by atoms with Crippen LogP contribution in [0.3, 0.4) is 0 Å². The zero-order valence-corrected chi connectivity index (χ0v) is 17.5. The molecule has 1 fully saturated rings. The van der Waals surface area contributed by atoms with Gasteiger partial charge in [-0.1, -0.05) is 17.4 Å². The lowest BCUT2D eigenvalue weighted by Gasteiger charge is -2.28. The third kappa shape index (κ3) is 4.66. The van der Waals surface area contributed by atoms with Crippen molar-refractivity contribution in [2.24, 2.45) is 10.9 Å². The van der Waals surface area contributed by atoms with Crippen LogP contribution >= 0.6 is 11.3 Å². The number of ether oxygens (including phenoxy) is 1. The van der Waals surface area contributed by atoms with Crippen LogP contribution in [0.4, 0.5) is 0 Å². The molecule has 9 heteroatoms. The van der Waals surface area contributed by atoms with Gasteiger partial charge in [0.2, 0.25) is 10.0 Å². The van der Waals surface area contributed by atoms with E-state index in [0.29, 0.717) is 43.9 Å². The predicted octanol–water partition coefficient (Wildman–Crippen LogP) is 1.76.